The molecular weight excluding hydrogens is 326 g/mol. The molecule has 0 aliphatic rings. The van der Waals surface area contributed by atoms with Crippen LogP contribution in [0, 0.1) is 0 Å². The Bertz CT molecular complexity index is 770. The van der Waals surface area contributed by atoms with Gasteiger partial charge in [0.05, 0.1) is 0 Å². The monoisotopic (exact) mass is 341 g/mol. The fourth-order valence-corrected chi connectivity index (χ4v) is 2.68. The van der Waals surface area contributed by atoms with Gasteiger partial charge in [0, 0.05) is 4.47 Å². The van der Waals surface area contributed by atoms with Crippen LogP contribution in [-0.4, -0.2) is 6.54 Å². The van der Waals surface area contributed by atoms with Gasteiger partial charge in [-0.3, -0.25) is 0 Å². The van der Waals surface area contributed by atoms with Gasteiger partial charge in [-0.2, -0.15) is 0 Å². The highest BCUT2D eigenvalue weighted by atomic mass is 79.9. The Balaban J connectivity index is 1.95. The van der Waals surface area contributed by atoms with E-state index in [1.807, 2.05) is 36.4 Å². The van der Waals surface area contributed by atoms with Crippen molar-refractivity contribution in [2.75, 3.05) is 6.54 Å². The van der Waals surface area contributed by atoms with Crippen molar-refractivity contribution in [2.24, 2.45) is 5.73 Å². The molecule has 0 heterocycles. The van der Waals surface area contributed by atoms with Crippen LogP contribution in [0.3, 0.4) is 0 Å². The summed E-state index contributed by atoms with van der Waals surface area (Å²) >= 11 is 3.49. The Morgan fingerprint density at radius 1 is 0.905 bits per heavy atom. The van der Waals surface area contributed by atoms with Gasteiger partial charge in [-0.1, -0.05) is 52.3 Å². The summed E-state index contributed by atoms with van der Waals surface area (Å²) in [6.07, 6.45) is 0.802. The first-order valence-corrected chi connectivity index (χ1v) is 7.71. The van der Waals surface area contributed by atoms with E-state index in [2.05, 4.69) is 40.2 Å². The molecule has 0 atom stereocenters. The molecule has 0 bridgehead atoms. The average molecular weight is 342 g/mol. The maximum Gasteiger partial charge on any atom is 0.131 e. The van der Waals surface area contributed by atoms with Crippen molar-refractivity contribution in [1.29, 1.82) is 0 Å². The van der Waals surface area contributed by atoms with Gasteiger partial charge >= 0.3 is 0 Å². The van der Waals surface area contributed by atoms with Crippen LogP contribution >= 0.6 is 15.9 Å². The lowest BCUT2D eigenvalue weighted by Crippen LogP contribution is -2.04. The Labute approximate surface area is 132 Å². The molecule has 0 aromatic heterocycles. The minimum absolute atomic E-state index is 0.607. The van der Waals surface area contributed by atoms with Crippen LogP contribution < -0.4 is 10.5 Å². The van der Waals surface area contributed by atoms with Crippen molar-refractivity contribution < 1.29 is 4.74 Å². The van der Waals surface area contributed by atoms with E-state index in [4.69, 9.17) is 10.5 Å². The van der Waals surface area contributed by atoms with Crippen molar-refractivity contribution in [3.05, 3.63) is 70.7 Å². The van der Waals surface area contributed by atoms with E-state index in [0.29, 0.717) is 6.54 Å². The molecule has 0 radical (unpaired) electrons. The molecule has 2 N–H and O–H groups in total. The lowest BCUT2D eigenvalue weighted by atomic mass is 10.1. The summed E-state index contributed by atoms with van der Waals surface area (Å²) in [5, 5.41) is 2.38. The molecule has 0 aliphatic heterocycles. The summed E-state index contributed by atoms with van der Waals surface area (Å²) in [5.74, 6) is 1.69. The van der Waals surface area contributed by atoms with E-state index in [-0.39, 0.29) is 0 Å². The number of benzene rings is 3. The first-order chi connectivity index (χ1) is 10.3. The van der Waals surface area contributed by atoms with Gasteiger partial charge in [-0.15, -0.1) is 0 Å². The summed E-state index contributed by atoms with van der Waals surface area (Å²) in [7, 11) is 0. The van der Waals surface area contributed by atoms with Crippen LogP contribution in [0.1, 0.15) is 5.56 Å². The quantitative estimate of drug-likeness (QED) is 0.732. The molecule has 0 aliphatic carbocycles. The Morgan fingerprint density at radius 2 is 1.71 bits per heavy atom. The third-order valence-corrected chi connectivity index (χ3v) is 3.88. The number of ether oxygens (including phenoxy) is 1. The highest BCUT2D eigenvalue weighted by Gasteiger charge is 2.06. The average Bonchev–Trinajstić information content (AvgIpc) is 2.50. The van der Waals surface area contributed by atoms with E-state index < -0.39 is 0 Å². The number of hydrogen-bond acceptors (Lipinski definition) is 2. The van der Waals surface area contributed by atoms with Crippen LogP contribution in [0.5, 0.6) is 11.5 Å². The third kappa shape index (κ3) is 3.26. The number of nitrogens with two attached hydrogens (primary N) is 1. The molecule has 106 valence electrons. The first-order valence-electron chi connectivity index (χ1n) is 6.91. The van der Waals surface area contributed by atoms with Gasteiger partial charge in [0.2, 0.25) is 0 Å². The van der Waals surface area contributed by atoms with E-state index in [9.17, 15) is 0 Å². The predicted molar refractivity (Wildman–Crippen MR) is 90.9 cm³/mol. The molecule has 3 rings (SSSR count). The Kier molecular flexibility index (Phi) is 4.23. The van der Waals surface area contributed by atoms with E-state index in [0.717, 1.165) is 28.0 Å². The molecule has 0 unspecified atom stereocenters. The topological polar surface area (TPSA) is 35.2 Å². The van der Waals surface area contributed by atoms with Gasteiger partial charge in [0.25, 0.3) is 0 Å². The van der Waals surface area contributed by atoms with Crippen molar-refractivity contribution in [3.63, 3.8) is 0 Å². The van der Waals surface area contributed by atoms with Gasteiger partial charge in [0.15, 0.2) is 0 Å². The van der Waals surface area contributed by atoms with Crippen LogP contribution in [0.15, 0.2) is 65.1 Å². The van der Waals surface area contributed by atoms with Crippen molar-refractivity contribution in [2.45, 2.75) is 6.42 Å². The number of rotatable bonds is 4. The zero-order chi connectivity index (χ0) is 14.7. The Morgan fingerprint density at radius 3 is 2.52 bits per heavy atom. The van der Waals surface area contributed by atoms with E-state index in [1.54, 1.807) is 0 Å². The number of fused-ring (bicyclic) bond motifs is 1. The zero-order valence-corrected chi connectivity index (χ0v) is 13.1. The molecule has 0 fully saturated rings. The highest BCUT2D eigenvalue weighted by molar-refractivity contribution is 9.10. The standard InChI is InChI=1S/C18H16BrNO/c19-16-7-5-14(9-10-20)18(12-16)21-17-8-6-13-3-1-2-4-15(13)11-17/h1-8,11-12H,9-10,20H2. The maximum atomic E-state index is 6.07. The SMILES string of the molecule is NCCc1ccc(Br)cc1Oc1ccc2ccccc2c1. The van der Waals surface area contributed by atoms with Crippen LogP contribution in [0.4, 0.5) is 0 Å². The molecule has 0 saturated heterocycles. The van der Waals surface area contributed by atoms with Crippen molar-refractivity contribution in [3.8, 4) is 11.5 Å². The zero-order valence-electron chi connectivity index (χ0n) is 11.6. The number of halogens is 1. The van der Waals surface area contributed by atoms with Crippen molar-refractivity contribution >= 4 is 26.7 Å². The number of hydrogen-bond donors (Lipinski definition) is 1. The summed E-state index contributed by atoms with van der Waals surface area (Å²) in [4.78, 5) is 0. The molecular formula is C18H16BrNO. The first kappa shape index (κ1) is 14.1. The molecule has 0 amide bonds. The van der Waals surface area contributed by atoms with Gasteiger partial charge in [0.1, 0.15) is 11.5 Å². The Hall–Kier alpha value is -1.84. The van der Waals surface area contributed by atoms with Gasteiger partial charge in [-0.25, -0.2) is 0 Å². The minimum atomic E-state index is 0.607. The second kappa shape index (κ2) is 6.29. The summed E-state index contributed by atoms with van der Waals surface area (Å²) in [6, 6.07) is 20.4. The maximum absolute atomic E-state index is 6.07. The van der Waals surface area contributed by atoms with Crippen LogP contribution in [-0.2, 0) is 6.42 Å². The lowest BCUT2D eigenvalue weighted by molar-refractivity contribution is 0.476. The minimum Gasteiger partial charge on any atom is -0.457 e. The van der Waals surface area contributed by atoms with E-state index >= 15 is 0 Å². The normalized spacial score (nSPS) is 10.8. The molecule has 3 heteroatoms. The summed E-state index contributed by atoms with van der Waals surface area (Å²) < 4.78 is 7.06. The van der Waals surface area contributed by atoms with Gasteiger partial charge < -0.3 is 10.5 Å². The molecule has 21 heavy (non-hydrogen) atoms. The summed E-state index contributed by atoms with van der Waals surface area (Å²) in [6.45, 7) is 0.607. The smallest absolute Gasteiger partial charge is 0.131 e. The molecule has 3 aromatic rings. The molecule has 0 saturated carbocycles. The fraction of sp³-hybridized carbons (Fsp3) is 0.111. The lowest BCUT2D eigenvalue weighted by Gasteiger charge is -2.12. The van der Waals surface area contributed by atoms with Gasteiger partial charge in [-0.05, 0) is 53.6 Å². The van der Waals surface area contributed by atoms with Crippen LogP contribution in [0.25, 0.3) is 10.8 Å². The predicted octanol–water partition coefficient (Wildman–Crippen LogP) is 4.90. The molecule has 2 nitrogen and oxygen atoms in total. The third-order valence-electron chi connectivity index (χ3n) is 3.39. The van der Waals surface area contributed by atoms with Crippen LogP contribution in [0.2, 0.25) is 0 Å². The molecule has 3 aromatic carbocycles. The summed E-state index contributed by atoms with van der Waals surface area (Å²) in [5.41, 5.74) is 6.79. The van der Waals surface area contributed by atoms with Crippen molar-refractivity contribution in [1.82, 2.24) is 0 Å². The fourth-order valence-electron chi connectivity index (χ4n) is 2.34. The second-order valence-electron chi connectivity index (χ2n) is 4.90. The largest absolute Gasteiger partial charge is 0.457 e. The second-order valence-corrected chi connectivity index (χ2v) is 5.82. The van der Waals surface area contributed by atoms with E-state index in [1.165, 1.54) is 10.8 Å². The highest BCUT2D eigenvalue weighted by Crippen LogP contribution is 2.30. The molecule has 0 spiro atoms.